The molecule has 6 aromatic carbocycles. The highest BCUT2D eigenvalue weighted by Crippen LogP contribution is 2.45. The summed E-state index contributed by atoms with van der Waals surface area (Å²) in [6.45, 7) is 4.63. The zero-order chi connectivity index (χ0) is 27.2. The van der Waals surface area contributed by atoms with Crippen molar-refractivity contribution in [3.05, 3.63) is 132 Å². The average molecular weight is 540 g/mol. The van der Waals surface area contributed by atoms with Crippen LogP contribution in [0.5, 0.6) is 0 Å². The molecule has 9 rings (SSSR count). The fraction of sp³-hybridized carbons (Fsp3) is 0.0526. The Morgan fingerprint density at radius 3 is 2.27 bits per heavy atom. The lowest BCUT2D eigenvalue weighted by molar-refractivity contribution is 1.27. The Bertz CT molecular complexity index is 2210. The van der Waals surface area contributed by atoms with Gasteiger partial charge in [-0.2, -0.15) is 0 Å². The Morgan fingerprint density at radius 2 is 1.34 bits per heavy atom. The van der Waals surface area contributed by atoms with Crippen LogP contribution in [0.1, 0.15) is 11.1 Å². The second-order valence-corrected chi connectivity index (χ2v) is 12.6. The van der Waals surface area contributed by atoms with Crippen LogP contribution in [0.2, 0.25) is 0 Å². The summed E-state index contributed by atoms with van der Waals surface area (Å²) in [5.74, 6) is 0. The van der Waals surface area contributed by atoms with Crippen LogP contribution in [0.4, 0.5) is 17.1 Å². The average Bonchev–Trinajstić information content (AvgIpc) is 3.54. The fourth-order valence-corrected chi connectivity index (χ4v) is 8.39. The summed E-state index contributed by atoms with van der Waals surface area (Å²) < 4.78 is 2.68. The van der Waals surface area contributed by atoms with Crippen molar-refractivity contribution in [1.29, 1.82) is 0 Å². The molecule has 0 bridgehead atoms. The molecule has 2 aliphatic rings. The minimum atomic E-state index is 0.236. The van der Waals surface area contributed by atoms with E-state index in [4.69, 9.17) is 0 Å². The molecular formula is C38H26BNS. The van der Waals surface area contributed by atoms with E-state index in [1.54, 1.807) is 0 Å². The standard InChI is InChI=1S/C38H26BNS/c1-23-9-7-10-26(19-23)40-33-20-24(2)17-18-32(33)39-31-14-5-3-11-28(31)30-21-25(22-34(40)38(30)39)27-13-8-16-36-37(27)29-12-4-6-15-35(29)41-36/h3-22H,1-2H3. The predicted molar refractivity (Wildman–Crippen MR) is 179 cm³/mol. The van der Waals surface area contributed by atoms with Gasteiger partial charge in [0.1, 0.15) is 0 Å². The molecule has 3 heteroatoms. The number of aryl methyl sites for hydroxylation is 2. The zero-order valence-corrected chi connectivity index (χ0v) is 23.8. The molecular weight excluding hydrogens is 513 g/mol. The van der Waals surface area contributed by atoms with Crippen LogP contribution in [-0.4, -0.2) is 6.71 Å². The number of rotatable bonds is 2. The molecule has 0 aliphatic carbocycles. The van der Waals surface area contributed by atoms with Crippen molar-refractivity contribution in [2.24, 2.45) is 0 Å². The van der Waals surface area contributed by atoms with E-state index in [-0.39, 0.29) is 6.71 Å². The second kappa shape index (κ2) is 8.45. The Morgan fingerprint density at radius 1 is 0.561 bits per heavy atom. The molecule has 0 spiro atoms. The van der Waals surface area contributed by atoms with E-state index in [9.17, 15) is 0 Å². The van der Waals surface area contributed by atoms with Gasteiger partial charge in [-0.15, -0.1) is 11.3 Å². The Hall–Kier alpha value is -4.60. The highest BCUT2D eigenvalue weighted by Gasteiger charge is 2.42. The molecule has 0 amide bonds. The van der Waals surface area contributed by atoms with Crippen molar-refractivity contribution in [3.63, 3.8) is 0 Å². The first-order valence-corrected chi connectivity index (χ1v) is 15.1. The molecule has 0 radical (unpaired) electrons. The third kappa shape index (κ3) is 3.24. The topological polar surface area (TPSA) is 3.24 Å². The minimum absolute atomic E-state index is 0.236. The normalized spacial score (nSPS) is 13.0. The van der Waals surface area contributed by atoms with Gasteiger partial charge >= 0.3 is 0 Å². The van der Waals surface area contributed by atoms with E-state index < -0.39 is 0 Å². The van der Waals surface area contributed by atoms with E-state index in [1.807, 2.05) is 11.3 Å². The van der Waals surface area contributed by atoms with Crippen LogP contribution >= 0.6 is 11.3 Å². The first-order chi connectivity index (χ1) is 20.2. The van der Waals surface area contributed by atoms with Crippen molar-refractivity contribution >= 4 is 71.7 Å². The summed E-state index contributed by atoms with van der Waals surface area (Å²) in [5, 5.41) is 2.70. The van der Waals surface area contributed by atoms with Gasteiger partial charge in [-0.1, -0.05) is 84.3 Å². The maximum Gasteiger partial charge on any atom is 0.248 e. The van der Waals surface area contributed by atoms with E-state index >= 15 is 0 Å². The van der Waals surface area contributed by atoms with Gasteiger partial charge in [0.05, 0.1) is 0 Å². The van der Waals surface area contributed by atoms with Gasteiger partial charge in [0.15, 0.2) is 0 Å². The third-order valence-electron chi connectivity index (χ3n) is 8.96. The van der Waals surface area contributed by atoms with Crippen molar-refractivity contribution in [3.8, 4) is 22.3 Å². The van der Waals surface area contributed by atoms with Crippen LogP contribution in [0.3, 0.4) is 0 Å². The highest BCUT2D eigenvalue weighted by atomic mass is 32.1. The molecule has 2 aliphatic heterocycles. The number of fused-ring (bicyclic) bond motifs is 8. The van der Waals surface area contributed by atoms with Gasteiger partial charge in [0.2, 0.25) is 6.71 Å². The first kappa shape index (κ1) is 23.1. The third-order valence-corrected chi connectivity index (χ3v) is 10.1. The summed E-state index contributed by atoms with van der Waals surface area (Å²) in [6, 6.07) is 45.6. The maximum absolute atomic E-state index is 2.52. The van der Waals surface area contributed by atoms with Crippen molar-refractivity contribution in [2.45, 2.75) is 13.8 Å². The van der Waals surface area contributed by atoms with Crippen molar-refractivity contribution in [1.82, 2.24) is 0 Å². The number of benzene rings is 6. The van der Waals surface area contributed by atoms with Gasteiger partial charge in [-0.3, -0.25) is 0 Å². The summed E-state index contributed by atoms with van der Waals surface area (Å²) in [7, 11) is 0. The van der Waals surface area contributed by atoms with Gasteiger partial charge in [-0.05, 0) is 101 Å². The Balaban J connectivity index is 1.41. The summed E-state index contributed by atoms with van der Waals surface area (Å²) in [5.41, 5.74) is 15.9. The van der Waals surface area contributed by atoms with Gasteiger partial charge < -0.3 is 4.90 Å². The van der Waals surface area contributed by atoms with Gasteiger partial charge in [0, 0.05) is 37.2 Å². The van der Waals surface area contributed by atoms with Gasteiger partial charge in [-0.25, -0.2) is 0 Å². The lowest BCUT2D eigenvalue weighted by Crippen LogP contribution is -2.54. The number of hydrogen-bond acceptors (Lipinski definition) is 2. The van der Waals surface area contributed by atoms with E-state index in [0.29, 0.717) is 0 Å². The maximum atomic E-state index is 2.52. The molecule has 0 saturated carbocycles. The molecule has 0 N–H and O–H groups in total. The SMILES string of the molecule is Cc1cccc(N2c3cc(C)ccc3B3c4ccccc4-c4cc(-c5cccc6sc7ccccc7c56)cc2c43)c1. The van der Waals surface area contributed by atoms with Gasteiger partial charge in [0.25, 0.3) is 0 Å². The molecule has 0 fully saturated rings. The highest BCUT2D eigenvalue weighted by molar-refractivity contribution is 7.25. The molecule has 3 heterocycles. The first-order valence-electron chi connectivity index (χ1n) is 14.3. The lowest BCUT2D eigenvalue weighted by atomic mass is 9.37. The minimum Gasteiger partial charge on any atom is -0.311 e. The Kier molecular flexibility index (Phi) is 4.77. The molecule has 41 heavy (non-hydrogen) atoms. The van der Waals surface area contributed by atoms with E-state index in [2.05, 4.69) is 140 Å². The molecule has 0 atom stereocenters. The van der Waals surface area contributed by atoms with Crippen LogP contribution in [0.25, 0.3) is 42.4 Å². The van der Waals surface area contributed by atoms with Crippen LogP contribution in [-0.2, 0) is 0 Å². The van der Waals surface area contributed by atoms with E-state index in [0.717, 1.165) is 0 Å². The summed E-state index contributed by atoms with van der Waals surface area (Å²) in [6.07, 6.45) is 0. The second-order valence-electron chi connectivity index (χ2n) is 11.5. The van der Waals surface area contributed by atoms with Crippen molar-refractivity contribution < 1.29 is 0 Å². The van der Waals surface area contributed by atoms with Crippen molar-refractivity contribution in [2.75, 3.05) is 4.90 Å². The molecule has 1 nitrogen and oxygen atoms in total. The number of thiophene rings is 1. The predicted octanol–water partition coefficient (Wildman–Crippen LogP) is 8.62. The summed E-state index contributed by atoms with van der Waals surface area (Å²) >= 11 is 1.89. The molecule has 7 aromatic rings. The molecule has 0 saturated heterocycles. The fourth-order valence-electron chi connectivity index (χ4n) is 7.26. The Labute approximate surface area is 244 Å². The number of hydrogen-bond donors (Lipinski definition) is 0. The number of nitrogens with zero attached hydrogens (tertiary/aromatic N) is 1. The lowest BCUT2D eigenvalue weighted by Gasteiger charge is -2.36. The quantitative estimate of drug-likeness (QED) is 0.199. The smallest absolute Gasteiger partial charge is 0.248 e. The number of anilines is 3. The van der Waals surface area contributed by atoms with E-state index in [1.165, 1.54) is 87.0 Å². The molecule has 192 valence electrons. The monoisotopic (exact) mass is 539 g/mol. The van der Waals surface area contributed by atoms with Crippen LogP contribution in [0, 0.1) is 13.8 Å². The van der Waals surface area contributed by atoms with Crippen LogP contribution < -0.4 is 21.3 Å². The summed E-state index contributed by atoms with van der Waals surface area (Å²) in [4.78, 5) is 2.52. The zero-order valence-electron chi connectivity index (χ0n) is 23.0. The van der Waals surface area contributed by atoms with Crippen LogP contribution in [0.15, 0.2) is 121 Å². The molecule has 1 aromatic heterocycles. The molecule has 0 unspecified atom stereocenters. The largest absolute Gasteiger partial charge is 0.311 e.